The summed E-state index contributed by atoms with van der Waals surface area (Å²) in [5, 5.41) is 7.87. The molecule has 1 spiro atoms. The Bertz CT molecular complexity index is 3210. The molecule has 2 unspecified atom stereocenters. The van der Waals surface area contributed by atoms with Gasteiger partial charge in [-0.05, 0) is 127 Å². The van der Waals surface area contributed by atoms with Crippen molar-refractivity contribution >= 4 is 70.9 Å². The number of nitrogens with zero attached hydrogens (tertiary/aromatic N) is 9. The first-order valence-electron chi connectivity index (χ1n) is 38.3. The average Bonchev–Trinajstić information content (AvgIpc) is 1.27. The summed E-state index contributed by atoms with van der Waals surface area (Å²) in [7, 11) is 8.06. The number of fused-ring (bicyclic) bond motifs is 1. The van der Waals surface area contributed by atoms with Gasteiger partial charge in [0.1, 0.15) is 66.1 Å². The van der Waals surface area contributed by atoms with Gasteiger partial charge < -0.3 is 64.8 Å². The molecular weight excluding hydrogens is 1460 g/mol. The number of hydrogen-bond acceptors (Lipinski definition) is 13. The molecule has 4 aliphatic carbocycles. The average molecular weight is 1570 g/mol. The molecule has 0 bridgehead atoms. The smallest absolute Gasteiger partial charge is 0.377 e. The highest BCUT2D eigenvalue weighted by Crippen LogP contribution is 2.46. The number of carbonyl (C=O) groups is 12. The third-order valence-corrected chi connectivity index (χ3v) is 23.9. The van der Waals surface area contributed by atoms with Gasteiger partial charge in [-0.1, -0.05) is 52.4 Å². The van der Waals surface area contributed by atoms with Crippen molar-refractivity contribution in [2.45, 2.75) is 260 Å². The van der Waals surface area contributed by atoms with Gasteiger partial charge in [0.15, 0.2) is 0 Å². The number of amides is 12. The van der Waals surface area contributed by atoms with Gasteiger partial charge in [-0.3, -0.25) is 57.5 Å². The van der Waals surface area contributed by atoms with Gasteiger partial charge in [-0.25, -0.2) is 8.78 Å². The Morgan fingerprint density at radius 1 is 0.578 bits per heavy atom. The zero-order chi connectivity index (χ0) is 81.1. The third-order valence-electron chi connectivity index (χ3n) is 23.9. The third kappa shape index (κ3) is 22.6. The summed E-state index contributed by atoms with van der Waals surface area (Å²) in [5.74, 6) is -19.7. The summed E-state index contributed by atoms with van der Waals surface area (Å²) in [6.07, 6.45) is -23.4. The molecule has 11 atom stereocenters. The highest BCUT2D eigenvalue weighted by Gasteiger charge is 2.56. The van der Waals surface area contributed by atoms with Crippen LogP contribution in [-0.4, -0.2) is 295 Å². The SMILES string of the molecule is CCO[C@@H]1C[C@H]2C(=O)NC3(CCCC3)C(=O)N(C)[C@@H](C3CCCCC3)C(=O)N(C)[C@H](C(=O)N3CCCC3)CC(=O)N(C)[C@@H](CC(F)(F)F)C(=O)N[C@@H]([C@@H](C)CC)C(=O)N(C)CC(=O)N(C)CC(=O)N(C)[C@@H](CC3CCC(C(F)(F)F)CC3)C(=O)N(C)CC(=O)N[C@@H](CCC3CC(F)C(C(F)(F)F)C(F)C3)C(=O)N2C1. The van der Waals surface area contributed by atoms with E-state index in [1.165, 1.54) is 37.9 Å². The minimum atomic E-state index is -5.24. The van der Waals surface area contributed by atoms with Crippen LogP contribution in [0.4, 0.5) is 48.3 Å². The van der Waals surface area contributed by atoms with Crippen LogP contribution < -0.4 is 16.0 Å². The van der Waals surface area contributed by atoms with Crippen LogP contribution in [-0.2, 0) is 62.3 Å². The van der Waals surface area contributed by atoms with E-state index in [4.69, 9.17) is 4.74 Å². The minimum absolute atomic E-state index is 0.0151. The summed E-state index contributed by atoms with van der Waals surface area (Å²) in [6, 6.07) is -12.1. The fourth-order valence-corrected chi connectivity index (χ4v) is 17.1. The number of nitrogens with one attached hydrogen (secondary N) is 3. The van der Waals surface area contributed by atoms with E-state index >= 15 is 28.0 Å². The molecule has 0 aromatic heterocycles. The lowest BCUT2D eigenvalue weighted by molar-refractivity contribution is -0.219. The number of carbonyl (C=O) groups excluding carboxylic acids is 12. The highest BCUT2D eigenvalue weighted by molar-refractivity contribution is 6.01. The molecule has 7 fully saturated rings. The predicted octanol–water partition coefficient (Wildman–Crippen LogP) is 6.48. The first-order valence-corrected chi connectivity index (χ1v) is 38.3. The van der Waals surface area contributed by atoms with Crippen LogP contribution in [0.2, 0.25) is 0 Å². The second kappa shape index (κ2) is 37.9. The monoisotopic (exact) mass is 1570 g/mol. The van der Waals surface area contributed by atoms with Crippen molar-refractivity contribution in [2.24, 2.45) is 35.5 Å². The van der Waals surface area contributed by atoms with Crippen molar-refractivity contribution in [2.75, 3.05) is 95.2 Å². The minimum Gasteiger partial charge on any atom is -0.377 e. The van der Waals surface area contributed by atoms with Gasteiger partial charge in [0.25, 0.3) is 0 Å². The number of hydrogen-bond donors (Lipinski definition) is 3. The van der Waals surface area contributed by atoms with Crippen molar-refractivity contribution in [1.29, 1.82) is 0 Å². The standard InChI is InChI=1S/C73H111F11N12O13/c1-11-42(3)60-67(106)90(6)40-57(99)88(4)41-58(100)91(7)52(34-43-22-25-46(26-23-43)72(79,80)81)65(104)89(5)39-55(97)85-50(27-24-44-32-48(74)59(49(75)33-44)73(82,83)84)64(103)96-38-47(109-12-2)35-51(96)63(102)87-70(28-16-17-29-70)69(108)94(10)61(45-20-14-13-15-21-45)68(107)93(9)53(66(105)95-30-18-19-31-95)36-56(98)92(8)54(62(101)86-60)37-71(76,77)78/h42-54,59-61H,11-41H2,1-10H3,(H,85,97)(H,86,101)(H,87,102)/t42-,43?,44?,46?,47+,48?,49?,50-,51-,52-,53-,54-,59?,60-,61-/m0/s1. The van der Waals surface area contributed by atoms with Gasteiger partial charge in [0.2, 0.25) is 70.9 Å². The van der Waals surface area contributed by atoms with E-state index in [1.54, 1.807) is 13.8 Å². The molecule has 12 amide bonds. The summed E-state index contributed by atoms with van der Waals surface area (Å²) in [6.45, 7) is 2.19. The number of halogens is 11. The summed E-state index contributed by atoms with van der Waals surface area (Å²) >= 11 is 0. The molecule has 0 aromatic carbocycles. The molecule has 25 nitrogen and oxygen atoms in total. The van der Waals surface area contributed by atoms with Crippen LogP contribution >= 0.6 is 0 Å². The van der Waals surface area contributed by atoms with Crippen LogP contribution in [0.1, 0.15) is 175 Å². The molecule has 7 aliphatic rings. The molecule has 36 heteroatoms. The molecule has 0 radical (unpaired) electrons. The number of ether oxygens (including phenoxy) is 1. The molecule has 109 heavy (non-hydrogen) atoms. The first kappa shape index (κ1) is 89.0. The van der Waals surface area contributed by atoms with Crippen molar-refractivity contribution in [3.63, 3.8) is 0 Å². The maximum atomic E-state index is 15.8. The maximum absolute atomic E-state index is 15.8. The molecule has 3 heterocycles. The normalized spacial score (nSPS) is 31.3. The molecule has 618 valence electrons. The van der Waals surface area contributed by atoms with E-state index in [0.29, 0.717) is 56.3 Å². The van der Waals surface area contributed by atoms with Gasteiger partial charge in [0, 0.05) is 82.0 Å². The topological polar surface area (TPSA) is 279 Å². The molecule has 4 saturated carbocycles. The van der Waals surface area contributed by atoms with Crippen molar-refractivity contribution < 1.29 is 111 Å². The quantitative estimate of drug-likeness (QED) is 0.177. The van der Waals surface area contributed by atoms with E-state index in [1.807, 2.05) is 0 Å². The number of rotatable bonds is 12. The lowest BCUT2D eigenvalue weighted by atomic mass is 9.76. The van der Waals surface area contributed by atoms with Crippen molar-refractivity contribution in [3.8, 4) is 0 Å². The maximum Gasteiger partial charge on any atom is 0.397 e. The van der Waals surface area contributed by atoms with Crippen LogP contribution in [0.3, 0.4) is 0 Å². The lowest BCUT2D eigenvalue weighted by Crippen LogP contribution is -2.65. The molecule has 3 aliphatic heterocycles. The fraction of sp³-hybridized carbons (Fsp3) is 0.836. The second-order valence-electron chi connectivity index (χ2n) is 31.6. The largest absolute Gasteiger partial charge is 0.397 e. The van der Waals surface area contributed by atoms with Crippen LogP contribution in [0.25, 0.3) is 0 Å². The van der Waals surface area contributed by atoms with Gasteiger partial charge in [-0.15, -0.1) is 0 Å². The highest BCUT2D eigenvalue weighted by atomic mass is 19.4. The Kier molecular flexibility index (Phi) is 31.0. The van der Waals surface area contributed by atoms with E-state index in [0.717, 1.165) is 64.0 Å². The van der Waals surface area contributed by atoms with E-state index in [9.17, 15) is 77.9 Å². The summed E-state index contributed by atoms with van der Waals surface area (Å²) < 4.78 is 165. The van der Waals surface area contributed by atoms with E-state index in [-0.39, 0.29) is 90.4 Å². The van der Waals surface area contributed by atoms with E-state index in [2.05, 4.69) is 16.0 Å². The Hall–Kier alpha value is -7.17. The lowest BCUT2D eigenvalue weighted by Gasteiger charge is -2.43. The molecular formula is C73H111F11N12O13. The number of alkyl halides is 11. The van der Waals surface area contributed by atoms with Gasteiger partial charge >= 0.3 is 18.5 Å². The van der Waals surface area contributed by atoms with E-state index < -0.39 is 243 Å². The Balaban J connectivity index is 1.32. The zero-order valence-corrected chi connectivity index (χ0v) is 64.1. The van der Waals surface area contributed by atoms with Crippen molar-refractivity contribution in [3.05, 3.63) is 0 Å². The van der Waals surface area contributed by atoms with Gasteiger partial charge in [-0.2, -0.15) is 39.5 Å². The molecule has 0 aromatic rings. The second-order valence-corrected chi connectivity index (χ2v) is 31.6. The Labute approximate surface area is 629 Å². The zero-order valence-electron chi connectivity index (χ0n) is 64.1. The van der Waals surface area contributed by atoms with Crippen LogP contribution in [0.15, 0.2) is 0 Å². The number of likely N-dealkylation sites (tertiary alicyclic amines) is 1. The fourth-order valence-electron chi connectivity index (χ4n) is 17.1. The van der Waals surface area contributed by atoms with Crippen LogP contribution in [0, 0.1) is 35.5 Å². The Morgan fingerprint density at radius 3 is 1.72 bits per heavy atom. The number of likely N-dealkylation sites (N-methyl/N-ethyl adjacent to an activating group) is 7. The van der Waals surface area contributed by atoms with Crippen LogP contribution in [0.5, 0.6) is 0 Å². The molecule has 7 rings (SSSR count). The summed E-state index contributed by atoms with van der Waals surface area (Å²) in [4.78, 5) is 188. The summed E-state index contributed by atoms with van der Waals surface area (Å²) in [5.41, 5.74) is -1.81. The molecule has 3 N–H and O–H groups in total. The Morgan fingerprint density at radius 2 is 1.16 bits per heavy atom. The molecule has 3 saturated heterocycles. The first-order chi connectivity index (χ1) is 50.9. The van der Waals surface area contributed by atoms with Gasteiger partial charge in [0.05, 0.1) is 44.5 Å². The van der Waals surface area contributed by atoms with Crippen molar-refractivity contribution in [1.82, 2.24) is 60.0 Å². The predicted molar refractivity (Wildman–Crippen MR) is 372 cm³/mol.